The second-order valence-electron chi connectivity index (χ2n) is 5.86. The van der Waals surface area contributed by atoms with Gasteiger partial charge in [-0.3, -0.25) is 0 Å². The maximum Gasteiger partial charge on any atom is 0.404 e. The van der Waals surface area contributed by atoms with Gasteiger partial charge in [0, 0.05) is 25.0 Å². The lowest BCUT2D eigenvalue weighted by Crippen LogP contribution is -2.43. The number of hydrogen-bond acceptors (Lipinski definition) is 4. The molecule has 0 aliphatic carbocycles. The number of rotatable bonds is 6. The summed E-state index contributed by atoms with van der Waals surface area (Å²) in [5.41, 5.74) is -0.801. The van der Waals surface area contributed by atoms with E-state index in [1.54, 1.807) is 0 Å². The van der Waals surface area contributed by atoms with Crippen LogP contribution in [0.1, 0.15) is 18.8 Å². The SMILES string of the molecule is C[C@@H](NS(=O)(=O)c1cn(C)c(C(O)Nc2ccc(F)c(F)c2)c1F)C(F)(F)F. The maximum absolute atomic E-state index is 14.6. The molecule has 0 aliphatic heterocycles. The largest absolute Gasteiger partial charge is 0.404 e. The average Bonchev–Trinajstić information content (AvgIpc) is 2.85. The van der Waals surface area contributed by atoms with Gasteiger partial charge >= 0.3 is 6.18 Å². The minimum absolute atomic E-state index is 0.153. The Balaban J connectivity index is 2.33. The van der Waals surface area contributed by atoms with Gasteiger partial charge in [0.1, 0.15) is 16.6 Å². The molecule has 1 unspecified atom stereocenters. The van der Waals surface area contributed by atoms with E-state index in [1.807, 2.05) is 0 Å². The van der Waals surface area contributed by atoms with Crippen LogP contribution in [-0.2, 0) is 17.1 Å². The van der Waals surface area contributed by atoms with Crippen molar-refractivity contribution in [3.8, 4) is 0 Å². The number of sulfonamides is 1. The van der Waals surface area contributed by atoms with Crippen LogP contribution in [-0.4, -0.2) is 30.3 Å². The minimum Gasteiger partial charge on any atom is -0.368 e. The normalized spacial score (nSPS) is 14.8. The monoisotopic (exact) mass is 431 g/mol. The standard InChI is InChI=1S/C15H15F6N3O3S/c1-7(15(19,20)21)23-28(26,27)11-6-24(2)13(12(11)18)14(25)22-8-3-4-9(16)10(17)5-8/h3-7,14,22-23,25H,1-2H3/t7-,14?/m1/s1. The molecular weight excluding hydrogens is 416 g/mol. The number of aliphatic hydroxyl groups excluding tert-OH is 1. The lowest BCUT2D eigenvalue weighted by atomic mass is 10.2. The van der Waals surface area contributed by atoms with Crippen LogP contribution < -0.4 is 10.0 Å². The van der Waals surface area contributed by atoms with Crippen molar-refractivity contribution in [3.63, 3.8) is 0 Å². The van der Waals surface area contributed by atoms with Gasteiger partial charge < -0.3 is 15.0 Å². The van der Waals surface area contributed by atoms with E-state index < -0.39 is 56.5 Å². The van der Waals surface area contributed by atoms with Gasteiger partial charge in [0.2, 0.25) is 10.0 Å². The molecule has 0 amide bonds. The van der Waals surface area contributed by atoms with Crippen LogP contribution in [0, 0.1) is 17.5 Å². The minimum atomic E-state index is -4.91. The van der Waals surface area contributed by atoms with Crippen LogP contribution in [0.3, 0.4) is 0 Å². The van der Waals surface area contributed by atoms with E-state index in [1.165, 1.54) is 4.72 Å². The highest BCUT2D eigenvalue weighted by molar-refractivity contribution is 7.89. The van der Waals surface area contributed by atoms with E-state index in [0.717, 1.165) is 23.7 Å². The smallest absolute Gasteiger partial charge is 0.368 e. The third-order valence-corrected chi connectivity index (χ3v) is 5.25. The van der Waals surface area contributed by atoms with Crippen LogP contribution in [0.2, 0.25) is 0 Å². The van der Waals surface area contributed by atoms with E-state index in [0.29, 0.717) is 19.2 Å². The Labute approximate surface area is 155 Å². The predicted molar refractivity (Wildman–Crippen MR) is 86.2 cm³/mol. The highest BCUT2D eigenvalue weighted by Crippen LogP contribution is 2.28. The first kappa shape index (κ1) is 22.0. The molecule has 28 heavy (non-hydrogen) atoms. The van der Waals surface area contributed by atoms with Gasteiger partial charge in [-0.2, -0.15) is 17.9 Å². The van der Waals surface area contributed by atoms with Crippen LogP contribution >= 0.6 is 0 Å². The average molecular weight is 431 g/mol. The van der Waals surface area contributed by atoms with E-state index in [4.69, 9.17) is 0 Å². The van der Waals surface area contributed by atoms with Crippen LogP contribution in [0.5, 0.6) is 0 Å². The predicted octanol–water partition coefficient (Wildman–Crippen LogP) is 2.77. The van der Waals surface area contributed by atoms with Crippen LogP contribution in [0.15, 0.2) is 29.3 Å². The van der Waals surface area contributed by atoms with Gasteiger partial charge in [0.25, 0.3) is 0 Å². The van der Waals surface area contributed by atoms with Crippen molar-refractivity contribution in [1.82, 2.24) is 9.29 Å². The zero-order chi connectivity index (χ0) is 21.4. The number of aromatic nitrogens is 1. The molecule has 6 nitrogen and oxygen atoms in total. The molecule has 0 spiro atoms. The summed E-state index contributed by atoms with van der Waals surface area (Å²) in [5, 5.41) is 12.3. The first-order chi connectivity index (χ1) is 12.7. The molecule has 156 valence electrons. The first-order valence-corrected chi connectivity index (χ1v) is 9.05. The Hall–Kier alpha value is -2.25. The number of aryl methyl sites for hydroxylation is 1. The molecule has 3 N–H and O–H groups in total. The highest BCUT2D eigenvalue weighted by atomic mass is 32.2. The van der Waals surface area contributed by atoms with Crippen molar-refractivity contribution in [1.29, 1.82) is 0 Å². The third kappa shape index (κ3) is 4.59. The lowest BCUT2D eigenvalue weighted by Gasteiger charge is -2.17. The molecule has 2 atom stereocenters. The molecule has 0 saturated carbocycles. The van der Waals surface area contributed by atoms with Gasteiger partial charge in [-0.05, 0) is 19.1 Å². The van der Waals surface area contributed by atoms with Gasteiger partial charge in [0.05, 0.1) is 0 Å². The zero-order valence-electron chi connectivity index (χ0n) is 14.4. The van der Waals surface area contributed by atoms with E-state index in [9.17, 15) is 39.9 Å². The number of nitrogens with one attached hydrogen (secondary N) is 2. The molecule has 0 aliphatic rings. The Morgan fingerprint density at radius 1 is 1.14 bits per heavy atom. The number of anilines is 1. The summed E-state index contributed by atoms with van der Waals surface area (Å²) in [4.78, 5) is -1.12. The van der Waals surface area contributed by atoms with Crippen molar-refractivity contribution in [2.24, 2.45) is 7.05 Å². The quantitative estimate of drug-likeness (QED) is 0.485. The molecule has 13 heteroatoms. The Morgan fingerprint density at radius 3 is 2.29 bits per heavy atom. The molecule has 0 saturated heterocycles. The Kier molecular flexibility index (Phi) is 6.01. The Bertz CT molecular complexity index is 974. The molecule has 0 radical (unpaired) electrons. The van der Waals surface area contributed by atoms with Gasteiger partial charge in [-0.25, -0.2) is 21.6 Å². The molecular formula is C15H15F6N3O3S. The maximum atomic E-state index is 14.6. The molecule has 2 aromatic rings. The summed E-state index contributed by atoms with van der Waals surface area (Å²) < 4.78 is 105. The van der Waals surface area contributed by atoms with Crippen molar-refractivity contribution in [2.75, 3.05) is 5.32 Å². The second kappa shape index (κ2) is 7.64. The number of halogens is 6. The van der Waals surface area contributed by atoms with Crippen molar-refractivity contribution < 1.29 is 39.9 Å². The Morgan fingerprint density at radius 2 is 1.75 bits per heavy atom. The molecule has 1 heterocycles. The number of nitrogens with zero attached hydrogens (tertiary/aromatic N) is 1. The van der Waals surface area contributed by atoms with Gasteiger partial charge in [0.15, 0.2) is 23.7 Å². The fourth-order valence-corrected chi connectivity index (χ4v) is 3.62. The van der Waals surface area contributed by atoms with Crippen molar-refractivity contribution in [3.05, 3.63) is 47.5 Å². The number of benzene rings is 1. The lowest BCUT2D eigenvalue weighted by molar-refractivity contribution is -0.147. The summed E-state index contributed by atoms with van der Waals surface area (Å²) in [7, 11) is -3.77. The number of alkyl halides is 3. The van der Waals surface area contributed by atoms with E-state index in [-0.39, 0.29) is 5.69 Å². The fourth-order valence-electron chi connectivity index (χ4n) is 2.26. The highest BCUT2D eigenvalue weighted by Gasteiger charge is 2.40. The second-order valence-corrected chi connectivity index (χ2v) is 7.55. The molecule has 2 rings (SSSR count). The summed E-state index contributed by atoms with van der Waals surface area (Å²) in [6, 6.07) is -0.0359. The summed E-state index contributed by atoms with van der Waals surface area (Å²) in [6.07, 6.45) is -6.14. The van der Waals surface area contributed by atoms with E-state index >= 15 is 0 Å². The number of hydrogen-bond donors (Lipinski definition) is 3. The molecule has 0 fully saturated rings. The van der Waals surface area contributed by atoms with Crippen molar-refractivity contribution >= 4 is 15.7 Å². The fraction of sp³-hybridized carbons (Fsp3) is 0.333. The molecule has 1 aromatic heterocycles. The zero-order valence-corrected chi connectivity index (χ0v) is 15.2. The molecule has 0 bridgehead atoms. The summed E-state index contributed by atoms with van der Waals surface area (Å²) >= 11 is 0. The summed E-state index contributed by atoms with van der Waals surface area (Å²) in [6.45, 7) is 0.540. The van der Waals surface area contributed by atoms with Gasteiger partial charge in [-0.15, -0.1) is 0 Å². The summed E-state index contributed by atoms with van der Waals surface area (Å²) in [5.74, 6) is -3.92. The third-order valence-electron chi connectivity index (χ3n) is 3.73. The first-order valence-electron chi connectivity index (χ1n) is 7.57. The van der Waals surface area contributed by atoms with Crippen molar-refractivity contribution in [2.45, 2.75) is 30.3 Å². The van der Waals surface area contributed by atoms with Crippen LogP contribution in [0.4, 0.5) is 32.0 Å². The van der Waals surface area contributed by atoms with E-state index in [2.05, 4.69) is 5.32 Å². The topological polar surface area (TPSA) is 83.4 Å². The molecule has 1 aromatic carbocycles. The van der Waals surface area contributed by atoms with Crippen LogP contribution in [0.25, 0.3) is 0 Å². The number of aliphatic hydroxyl groups is 1. The van der Waals surface area contributed by atoms with Gasteiger partial charge in [-0.1, -0.05) is 0 Å².